The Bertz CT molecular complexity index is 1130. The zero-order valence-corrected chi connectivity index (χ0v) is 17.6. The molecule has 29 heavy (non-hydrogen) atoms. The number of aryl methyl sites for hydroxylation is 1. The molecule has 0 fully saturated rings. The summed E-state index contributed by atoms with van der Waals surface area (Å²) in [6.45, 7) is 2.81. The fourth-order valence-corrected chi connectivity index (χ4v) is 4.35. The van der Waals surface area contributed by atoms with Crippen molar-refractivity contribution in [2.45, 2.75) is 20.0 Å². The minimum absolute atomic E-state index is 0.158. The fraction of sp³-hybridized carbons (Fsp3) is 0.182. The lowest BCUT2D eigenvalue weighted by Crippen LogP contribution is -2.48. The molecule has 1 aliphatic heterocycles. The second kappa shape index (κ2) is 7.67. The number of anilines is 1. The van der Waals surface area contributed by atoms with Gasteiger partial charge in [-0.05, 0) is 31.2 Å². The minimum atomic E-state index is -0.158. The first kappa shape index (κ1) is 19.7. The van der Waals surface area contributed by atoms with Gasteiger partial charge in [0.25, 0.3) is 5.91 Å². The summed E-state index contributed by atoms with van der Waals surface area (Å²) in [7, 11) is 1.59. The normalized spacial score (nSPS) is 13.0. The number of methoxy groups -OCH3 is 1. The van der Waals surface area contributed by atoms with Crippen molar-refractivity contribution >= 4 is 34.8 Å². The first-order valence-corrected chi connectivity index (χ1v) is 9.93. The molecule has 0 spiro atoms. The number of para-hydroxylation sites is 2. The molecule has 3 aromatic rings. The minimum Gasteiger partial charge on any atom is -0.495 e. The van der Waals surface area contributed by atoms with Gasteiger partial charge in [0.05, 0.1) is 19.3 Å². The number of quaternary nitrogens is 1. The number of aromatic nitrogens is 1. The summed E-state index contributed by atoms with van der Waals surface area (Å²) in [5, 5.41) is 1.09. The molecular weight excluding hydrogens is 409 g/mol. The summed E-state index contributed by atoms with van der Waals surface area (Å²) in [4.78, 5) is 19.6. The van der Waals surface area contributed by atoms with Crippen LogP contribution in [0.4, 0.5) is 5.69 Å². The van der Waals surface area contributed by atoms with E-state index in [9.17, 15) is 4.79 Å². The Morgan fingerprint density at radius 3 is 2.66 bits per heavy atom. The van der Waals surface area contributed by atoms with E-state index < -0.39 is 0 Å². The molecule has 2 heterocycles. The Labute approximate surface area is 179 Å². The maximum Gasteiger partial charge on any atom is 0.277 e. The van der Waals surface area contributed by atoms with Gasteiger partial charge in [-0.2, -0.15) is 0 Å². The molecule has 148 valence electrons. The quantitative estimate of drug-likeness (QED) is 0.673. The van der Waals surface area contributed by atoms with E-state index in [0.29, 0.717) is 40.3 Å². The first-order chi connectivity index (χ1) is 14.0. The van der Waals surface area contributed by atoms with Gasteiger partial charge in [0.15, 0.2) is 0 Å². The van der Waals surface area contributed by atoms with Crippen LogP contribution in [-0.4, -0.2) is 18.0 Å². The van der Waals surface area contributed by atoms with Crippen LogP contribution in [0.2, 0.25) is 10.0 Å². The van der Waals surface area contributed by atoms with Gasteiger partial charge in [0.2, 0.25) is 0 Å². The zero-order chi connectivity index (χ0) is 20.7. The van der Waals surface area contributed by atoms with Crippen molar-refractivity contribution in [2.24, 2.45) is 0 Å². The summed E-state index contributed by atoms with van der Waals surface area (Å²) in [5.74, 6) is 0.475. The number of hydrogen-bond donors (Lipinski definition) is 1. The van der Waals surface area contributed by atoms with Crippen LogP contribution in [0.15, 0.2) is 42.5 Å². The summed E-state index contributed by atoms with van der Waals surface area (Å²) < 4.78 is 5.46. The SMILES string of the molecule is COc1ccccc1N1Cc2c(nc(C)c(C[NH3+])c2-c2ccc(Cl)cc2Cl)C1=O. The smallest absolute Gasteiger partial charge is 0.277 e. The summed E-state index contributed by atoms with van der Waals surface area (Å²) in [6.07, 6.45) is 0. The van der Waals surface area contributed by atoms with E-state index in [1.165, 1.54) is 0 Å². The van der Waals surface area contributed by atoms with Gasteiger partial charge >= 0.3 is 0 Å². The van der Waals surface area contributed by atoms with Crippen molar-refractivity contribution in [3.05, 3.63) is 75.0 Å². The van der Waals surface area contributed by atoms with Crippen LogP contribution in [0.5, 0.6) is 5.75 Å². The highest BCUT2D eigenvalue weighted by Crippen LogP contribution is 2.42. The van der Waals surface area contributed by atoms with E-state index in [-0.39, 0.29) is 5.91 Å². The standard InChI is InChI=1S/C22H19Cl2N3O2/c1-12-15(10-25)20(14-8-7-13(23)9-17(14)24)16-11-27(22(28)21(16)26-12)18-5-3-4-6-19(18)29-2/h3-9H,10-11,25H2,1-2H3/p+1. The molecule has 4 rings (SSSR count). The number of amides is 1. The number of halogens is 2. The molecule has 2 aromatic carbocycles. The Morgan fingerprint density at radius 2 is 1.97 bits per heavy atom. The van der Waals surface area contributed by atoms with Gasteiger partial charge < -0.3 is 10.5 Å². The zero-order valence-electron chi connectivity index (χ0n) is 16.1. The van der Waals surface area contributed by atoms with Crippen LogP contribution in [0.3, 0.4) is 0 Å². The molecule has 0 atom stereocenters. The van der Waals surface area contributed by atoms with Gasteiger partial charge in [-0.15, -0.1) is 0 Å². The molecule has 7 heteroatoms. The van der Waals surface area contributed by atoms with Crippen molar-refractivity contribution in [1.82, 2.24) is 4.98 Å². The monoisotopic (exact) mass is 428 g/mol. The number of fused-ring (bicyclic) bond motifs is 1. The molecule has 0 radical (unpaired) electrons. The molecule has 1 aliphatic rings. The molecule has 3 N–H and O–H groups in total. The van der Waals surface area contributed by atoms with Crippen molar-refractivity contribution in [3.8, 4) is 16.9 Å². The molecule has 0 unspecified atom stereocenters. The lowest BCUT2D eigenvalue weighted by molar-refractivity contribution is -0.386. The molecule has 1 aromatic heterocycles. The van der Waals surface area contributed by atoms with Gasteiger partial charge in [-0.1, -0.05) is 41.4 Å². The second-order valence-electron chi connectivity index (χ2n) is 6.82. The van der Waals surface area contributed by atoms with E-state index in [1.807, 2.05) is 37.3 Å². The molecule has 5 nitrogen and oxygen atoms in total. The van der Waals surface area contributed by atoms with Crippen LogP contribution in [-0.2, 0) is 13.1 Å². The third kappa shape index (κ3) is 3.25. The number of rotatable bonds is 4. The number of nitrogens with zero attached hydrogens (tertiary/aromatic N) is 2. The van der Waals surface area contributed by atoms with Crippen molar-refractivity contribution in [2.75, 3.05) is 12.0 Å². The van der Waals surface area contributed by atoms with E-state index in [1.54, 1.807) is 24.1 Å². The van der Waals surface area contributed by atoms with E-state index >= 15 is 0 Å². The van der Waals surface area contributed by atoms with Crippen molar-refractivity contribution in [3.63, 3.8) is 0 Å². The predicted octanol–water partition coefficient (Wildman–Crippen LogP) is 4.27. The summed E-state index contributed by atoms with van der Waals surface area (Å²) in [6, 6.07) is 12.8. The Hall–Kier alpha value is -2.60. The first-order valence-electron chi connectivity index (χ1n) is 9.18. The highest BCUT2D eigenvalue weighted by Gasteiger charge is 2.36. The largest absolute Gasteiger partial charge is 0.495 e. The number of pyridine rings is 1. The molecule has 0 aliphatic carbocycles. The molecular formula is C22H20Cl2N3O2+. The van der Waals surface area contributed by atoms with Gasteiger partial charge in [0, 0.05) is 38.0 Å². The summed E-state index contributed by atoms with van der Waals surface area (Å²) >= 11 is 12.6. The van der Waals surface area contributed by atoms with Crippen molar-refractivity contribution < 1.29 is 15.3 Å². The van der Waals surface area contributed by atoms with Crippen LogP contribution in [0.1, 0.15) is 27.3 Å². The molecule has 0 saturated heterocycles. The number of carbonyl (C=O) groups is 1. The highest BCUT2D eigenvalue weighted by molar-refractivity contribution is 6.36. The number of hydrogen-bond acceptors (Lipinski definition) is 3. The topological polar surface area (TPSA) is 70.1 Å². The van der Waals surface area contributed by atoms with Crippen molar-refractivity contribution in [1.29, 1.82) is 0 Å². The van der Waals surface area contributed by atoms with Gasteiger partial charge in [0.1, 0.15) is 18.0 Å². The molecule has 0 bridgehead atoms. The Morgan fingerprint density at radius 1 is 1.21 bits per heavy atom. The fourth-order valence-electron chi connectivity index (χ4n) is 3.84. The number of carbonyl (C=O) groups excluding carboxylic acids is 1. The molecule has 0 saturated carbocycles. The van der Waals surface area contributed by atoms with E-state index in [4.69, 9.17) is 27.9 Å². The maximum atomic E-state index is 13.3. The van der Waals surface area contributed by atoms with Crippen LogP contribution < -0.4 is 15.4 Å². The van der Waals surface area contributed by atoms with Gasteiger partial charge in [-0.25, -0.2) is 4.98 Å². The number of benzene rings is 2. The Kier molecular flexibility index (Phi) is 5.21. The average Bonchev–Trinajstić information content (AvgIpc) is 3.03. The predicted molar refractivity (Wildman–Crippen MR) is 115 cm³/mol. The van der Waals surface area contributed by atoms with Crippen LogP contribution >= 0.6 is 23.2 Å². The molecule has 1 amide bonds. The van der Waals surface area contributed by atoms with E-state index in [2.05, 4.69) is 10.7 Å². The van der Waals surface area contributed by atoms with Crippen LogP contribution in [0.25, 0.3) is 11.1 Å². The second-order valence-corrected chi connectivity index (χ2v) is 7.66. The third-order valence-corrected chi connectivity index (χ3v) is 5.74. The lowest BCUT2D eigenvalue weighted by atomic mass is 9.93. The maximum absolute atomic E-state index is 13.3. The van der Waals surface area contributed by atoms with Crippen LogP contribution in [0, 0.1) is 6.92 Å². The summed E-state index contributed by atoms with van der Waals surface area (Å²) in [5.41, 5.74) is 9.54. The number of ether oxygens (including phenoxy) is 1. The lowest BCUT2D eigenvalue weighted by Gasteiger charge is -2.19. The van der Waals surface area contributed by atoms with E-state index in [0.717, 1.165) is 27.9 Å². The average molecular weight is 429 g/mol. The van der Waals surface area contributed by atoms with Gasteiger partial charge in [-0.3, -0.25) is 9.69 Å². The Balaban J connectivity index is 1.94. The third-order valence-electron chi connectivity index (χ3n) is 5.20. The highest BCUT2D eigenvalue weighted by atomic mass is 35.5.